The van der Waals surface area contributed by atoms with E-state index >= 15 is 0 Å². The van der Waals surface area contributed by atoms with Crippen molar-refractivity contribution in [2.24, 2.45) is 0 Å². The van der Waals surface area contributed by atoms with Crippen molar-refractivity contribution in [3.8, 4) is 0 Å². The summed E-state index contributed by atoms with van der Waals surface area (Å²) in [5.41, 5.74) is 2.41. The maximum absolute atomic E-state index is 6.33. The predicted octanol–water partition coefficient (Wildman–Crippen LogP) is 2.67. The number of ether oxygens (including phenoxy) is 1. The molecule has 19 heavy (non-hydrogen) atoms. The lowest BCUT2D eigenvalue weighted by atomic mass is 10.1. The van der Waals surface area contributed by atoms with E-state index in [0.29, 0.717) is 0 Å². The molecule has 1 aliphatic heterocycles. The highest BCUT2D eigenvalue weighted by atomic mass is 35.5. The zero-order chi connectivity index (χ0) is 13.7. The predicted molar refractivity (Wildman–Crippen MR) is 81.4 cm³/mol. The van der Waals surface area contributed by atoms with Gasteiger partial charge < -0.3 is 9.64 Å². The van der Waals surface area contributed by atoms with Crippen LogP contribution < -0.4 is 4.90 Å². The van der Waals surface area contributed by atoms with Crippen molar-refractivity contribution >= 4 is 17.3 Å². The van der Waals surface area contributed by atoms with Crippen LogP contribution in [0.3, 0.4) is 0 Å². The van der Waals surface area contributed by atoms with Gasteiger partial charge in [0.25, 0.3) is 0 Å². The molecule has 1 fully saturated rings. The van der Waals surface area contributed by atoms with Gasteiger partial charge >= 0.3 is 0 Å². The van der Waals surface area contributed by atoms with Crippen LogP contribution in [0.5, 0.6) is 0 Å². The van der Waals surface area contributed by atoms with Crippen molar-refractivity contribution in [3.63, 3.8) is 0 Å². The second-order valence-corrected chi connectivity index (χ2v) is 5.63. The molecule has 1 aromatic rings. The Hall–Kier alpha value is -0.770. The summed E-state index contributed by atoms with van der Waals surface area (Å²) in [4.78, 5) is 4.54. The summed E-state index contributed by atoms with van der Waals surface area (Å²) < 4.78 is 5.35. The molecule has 0 N–H and O–H groups in total. The van der Waals surface area contributed by atoms with E-state index in [0.717, 1.165) is 56.4 Å². The van der Waals surface area contributed by atoms with E-state index in [1.54, 1.807) is 0 Å². The maximum Gasteiger partial charge on any atom is 0.0594 e. The van der Waals surface area contributed by atoms with E-state index in [2.05, 4.69) is 21.9 Å². The first-order chi connectivity index (χ1) is 9.16. The second kappa shape index (κ2) is 7.13. The zero-order valence-corrected chi connectivity index (χ0v) is 12.6. The monoisotopic (exact) mass is 282 g/mol. The molecule has 4 heteroatoms. The molecule has 0 aliphatic carbocycles. The first kappa shape index (κ1) is 14.6. The third kappa shape index (κ3) is 4.37. The van der Waals surface area contributed by atoms with Gasteiger partial charge in [0.05, 0.1) is 13.2 Å². The van der Waals surface area contributed by atoms with Gasteiger partial charge in [-0.15, -0.1) is 0 Å². The van der Waals surface area contributed by atoms with Crippen molar-refractivity contribution in [1.82, 2.24) is 4.90 Å². The summed E-state index contributed by atoms with van der Waals surface area (Å²) in [7, 11) is 4.06. The number of anilines is 1. The fourth-order valence-corrected chi connectivity index (χ4v) is 2.60. The van der Waals surface area contributed by atoms with Crippen LogP contribution in [-0.4, -0.2) is 51.8 Å². The maximum atomic E-state index is 6.33. The van der Waals surface area contributed by atoms with Crippen molar-refractivity contribution in [2.75, 3.05) is 51.8 Å². The van der Waals surface area contributed by atoms with Gasteiger partial charge in [-0.2, -0.15) is 0 Å². The summed E-state index contributed by atoms with van der Waals surface area (Å²) in [6.07, 6.45) is 2.20. The van der Waals surface area contributed by atoms with Crippen molar-refractivity contribution in [2.45, 2.75) is 12.8 Å². The number of hydrogen-bond donors (Lipinski definition) is 0. The van der Waals surface area contributed by atoms with E-state index in [4.69, 9.17) is 16.3 Å². The number of nitrogens with zero attached hydrogens (tertiary/aromatic N) is 2. The van der Waals surface area contributed by atoms with Gasteiger partial charge in [0, 0.05) is 37.9 Å². The molecule has 1 aromatic carbocycles. The molecule has 106 valence electrons. The molecule has 3 nitrogen and oxygen atoms in total. The number of morpholine rings is 1. The Balaban J connectivity index is 1.82. The Bertz CT molecular complexity index is 403. The van der Waals surface area contributed by atoms with E-state index in [-0.39, 0.29) is 0 Å². The molecule has 0 radical (unpaired) electrons. The Labute approximate surface area is 121 Å². The number of aryl methyl sites for hydroxylation is 1. The van der Waals surface area contributed by atoms with E-state index in [1.807, 2.05) is 20.2 Å². The molecule has 0 amide bonds. The van der Waals surface area contributed by atoms with E-state index < -0.39 is 0 Å². The summed E-state index contributed by atoms with van der Waals surface area (Å²) in [5.74, 6) is 0. The summed E-state index contributed by atoms with van der Waals surface area (Å²) in [6.45, 7) is 5.01. The zero-order valence-electron chi connectivity index (χ0n) is 11.9. The van der Waals surface area contributed by atoms with Gasteiger partial charge in [-0.05, 0) is 37.1 Å². The van der Waals surface area contributed by atoms with Crippen molar-refractivity contribution in [3.05, 3.63) is 28.8 Å². The third-order valence-electron chi connectivity index (χ3n) is 3.58. The van der Waals surface area contributed by atoms with Gasteiger partial charge in [0.15, 0.2) is 0 Å². The topological polar surface area (TPSA) is 15.7 Å². The molecule has 0 unspecified atom stereocenters. The normalized spacial score (nSPS) is 16.6. The van der Waals surface area contributed by atoms with Gasteiger partial charge in [-0.3, -0.25) is 4.90 Å². The summed E-state index contributed by atoms with van der Waals surface area (Å²) in [5, 5.41) is 0.883. The third-order valence-corrected chi connectivity index (χ3v) is 3.93. The minimum atomic E-state index is 0.873. The highest BCUT2D eigenvalue weighted by Gasteiger charge is 2.10. The SMILES string of the molecule is CN(C)c1ccc(CCCN2CCOCC2)c(Cl)c1. The molecule has 0 spiro atoms. The first-order valence-corrected chi connectivity index (χ1v) is 7.30. The van der Waals surface area contributed by atoms with Gasteiger partial charge in [-0.1, -0.05) is 17.7 Å². The minimum absolute atomic E-state index is 0.873. The summed E-state index contributed by atoms with van der Waals surface area (Å²) >= 11 is 6.33. The lowest BCUT2D eigenvalue weighted by Gasteiger charge is -2.26. The molecule has 1 saturated heterocycles. The van der Waals surface area contributed by atoms with Crippen LogP contribution in [-0.2, 0) is 11.2 Å². The van der Waals surface area contributed by atoms with Crippen LogP contribution in [0.2, 0.25) is 5.02 Å². The second-order valence-electron chi connectivity index (χ2n) is 5.23. The van der Waals surface area contributed by atoms with Gasteiger partial charge in [-0.25, -0.2) is 0 Å². The highest BCUT2D eigenvalue weighted by molar-refractivity contribution is 6.31. The van der Waals surface area contributed by atoms with E-state index in [1.165, 1.54) is 5.56 Å². The number of halogens is 1. The molecule has 0 bridgehead atoms. The number of rotatable bonds is 5. The Morgan fingerprint density at radius 3 is 2.63 bits per heavy atom. The lowest BCUT2D eigenvalue weighted by Crippen LogP contribution is -2.36. The average molecular weight is 283 g/mol. The fourth-order valence-electron chi connectivity index (χ4n) is 2.34. The molecule has 0 saturated carbocycles. The Morgan fingerprint density at radius 2 is 2.00 bits per heavy atom. The molecule has 1 aliphatic rings. The molecule has 1 heterocycles. The average Bonchev–Trinajstić information content (AvgIpc) is 2.41. The highest BCUT2D eigenvalue weighted by Crippen LogP contribution is 2.23. The van der Waals surface area contributed by atoms with Crippen LogP contribution in [0.25, 0.3) is 0 Å². The number of benzene rings is 1. The standard InChI is InChI=1S/C15H23ClN2O/c1-17(2)14-6-5-13(15(16)12-14)4-3-7-18-8-10-19-11-9-18/h5-6,12H,3-4,7-11H2,1-2H3. The van der Waals surface area contributed by atoms with Crippen LogP contribution in [0.1, 0.15) is 12.0 Å². The van der Waals surface area contributed by atoms with Gasteiger partial charge in [0.1, 0.15) is 0 Å². The quantitative estimate of drug-likeness (QED) is 0.826. The molecule has 0 atom stereocenters. The minimum Gasteiger partial charge on any atom is -0.379 e. The first-order valence-electron chi connectivity index (χ1n) is 6.92. The Kier molecular flexibility index (Phi) is 5.49. The molecular weight excluding hydrogens is 260 g/mol. The van der Waals surface area contributed by atoms with Crippen LogP contribution in [0.15, 0.2) is 18.2 Å². The smallest absolute Gasteiger partial charge is 0.0594 e. The van der Waals surface area contributed by atoms with E-state index in [9.17, 15) is 0 Å². The Morgan fingerprint density at radius 1 is 1.26 bits per heavy atom. The van der Waals surface area contributed by atoms with Crippen molar-refractivity contribution in [1.29, 1.82) is 0 Å². The molecule has 2 rings (SSSR count). The van der Waals surface area contributed by atoms with Crippen LogP contribution >= 0.6 is 11.6 Å². The van der Waals surface area contributed by atoms with Crippen LogP contribution in [0.4, 0.5) is 5.69 Å². The van der Waals surface area contributed by atoms with Gasteiger partial charge in [0.2, 0.25) is 0 Å². The summed E-state index contributed by atoms with van der Waals surface area (Å²) in [6, 6.07) is 6.33. The van der Waals surface area contributed by atoms with Crippen LogP contribution in [0, 0.1) is 0 Å². The molecule has 0 aromatic heterocycles. The number of hydrogen-bond acceptors (Lipinski definition) is 3. The molecular formula is C15H23ClN2O. The lowest BCUT2D eigenvalue weighted by molar-refractivity contribution is 0.0375. The fraction of sp³-hybridized carbons (Fsp3) is 0.600. The van der Waals surface area contributed by atoms with Crippen molar-refractivity contribution < 1.29 is 4.74 Å². The largest absolute Gasteiger partial charge is 0.379 e.